The van der Waals surface area contributed by atoms with Gasteiger partial charge in [0, 0.05) is 17.6 Å². The molecule has 0 saturated carbocycles. The summed E-state index contributed by atoms with van der Waals surface area (Å²) in [6, 6.07) is 23.1. The second-order valence-corrected chi connectivity index (χ2v) is 7.43. The van der Waals surface area contributed by atoms with E-state index in [1.165, 1.54) is 25.3 Å². The first kappa shape index (κ1) is 24.3. The lowest BCUT2D eigenvalue weighted by Crippen LogP contribution is -2.23. The number of hydrogen-bond donors (Lipinski definition) is 1. The molecular weight excluding hydrogens is 452 g/mol. The number of nitriles is 1. The van der Waals surface area contributed by atoms with Crippen LogP contribution in [0.2, 0.25) is 5.02 Å². The summed E-state index contributed by atoms with van der Waals surface area (Å²) in [5, 5.41) is 12.7. The Balaban J connectivity index is 1.70. The fraction of sp³-hybridized carbons (Fsp3) is 0.0741. The van der Waals surface area contributed by atoms with Crippen molar-refractivity contribution in [1.82, 2.24) is 5.32 Å². The van der Waals surface area contributed by atoms with Crippen molar-refractivity contribution in [3.05, 3.63) is 106 Å². The Bertz CT molecular complexity index is 1280. The molecule has 0 aliphatic rings. The Kier molecular flexibility index (Phi) is 8.61. The Morgan fingerprint density at radius 1 is 1.03 bits per heavy atom. The van der Waals surface area contributed by atoms with Crippen molar-refractivity contribution in [2.75, 3.05) is 7.11 Å². The molecule has 170 valence electrons. The standard InChI is InChI=1S/C27H21ClN2O4/c1-33-25-16-20(15-22(17-29)27(32)30-18-19-7-3-2-4-8-19)11-13-24(25)34-26(31)14-12-21-9-5-6-10-23(21)28/h2-16H,18H2,1H3,(H,30,32)/b14-12+,22-15+. The molecular formula is C27H21ClN2O4. The number of carbonyl (C=O) groups is 2. The minimum Gasteiger partial charge on any atom is -0.493 e. The highest BCUT2D eigenvalue weighted by molar-refractivity contribution is 6.32. The van der Waals surface area contributed by atoms with Gasteiger partial charge in [0.1, 0.15) is 11.6 Å². The first-order valence-electron chi connectivity index (χ1n) is 10.3. The van der Waals surface area contributed by atoms with Crippen molar-refractivity contribution < 1.29 is 19.1 Å². The van der Waals surface area contributed by atoms with E-state index in [1.54, 1.807) is 36.4 Å². The number of hydrogen-bond acceptors (Lipinski definition) is 5. The van der Waals surface area contributed by atoms with E-state index in [0.29, 0.717) is 22.7 Å². The van der Waals surface area contributed by atoms with Crippen LogP contribution >= 0.6 is 11.6 Å². The Labute approximate surface area is 202 Å². The van der Waals surface area contributed by atoms with E-state index < -0.39 is 11.9 Å². The molecule has 0 aliphatic carbocycles. The molecule has 0 atom stereocenters. The van der Waals surface area contributed by atoms with E-state index in [4.69, 9.17) is 21.1 Å². The largest absolute Gasteiger partial charge is 0.493 e. The molecule has 1 N–H and O–H groups in total. The molecule has 0 unspecified atom stereocenters. The van der Waals surface area contributed by atoms with Crippen molar-refractivity contribution in [2.45, 2.75) is 6.54 Å². The number of methoxy groups -OCH3 is 1. The first-order chi connectivity index (χ1) is 16.5. The van der Waals surface area contributed by atoms with Crippen molar-refractivity contribution in [1.29, 1.82) is 5.26 Å². The van der Waals surface area contributed by atoms with E-state index in [9.17, 15) is 14.9 Å². The molecule has 34 heavy (non-hydrogen) atoms. The number of amides is 1. The van der Waals surface area contributed by atoms with Gasteiger partial charge >= 0.3 is 5.97 Å². The molecule has 0 spiro atoms. The zero-order valence-corrected chi connectivity index (χ0v) is 19.1. The number of esters is 1. The van der Waals surface area contributed by atoms with Crippen LogP contribution in [-0.4, -0.2) is 19.0 Å². The van der Waals surface area contributed by atoms with Gasteiger partial charge in [0.05, 0.1) is 7.11 Å². The molecule has 0 aliphatic heterocycles. The molecule has 6 nitrogen and oxygen atoms in total. The fourth-order valence-corrected chi connectivity index (χ4v) is 3.16. The van der Waals surface area contributed by atoms with Gasteiger partial charge in [-0.3, -0.25) is 4.79 Å². The predicted octanol–water partition coefficient (Wildman–Crippen LogP) is 5.19. The minimum atomic E-state index is -0.612. The van der Waals surface area contributed by atoms with Crippen LogP contribution in [0.25, 0.3) is 12.2 Å². The van der Waals surface area contributed by atoms with Gasteiger partial charge in [-0.2, -0.15) is 5.26 Å². The van der Waals surface area contributed by atoms with Crippen LogP contribution in [0.1, 0.15) is 16.7 Å². The smallest absolute Gasteiger partial charge is 0.336 e. The number of nitrogens with zero attached hydrogens (tertiary/aromatic N) is 1. The summed E-state index contributed by atoms with van der Waals surface area (Å²) >= 11 is 6.08. The summed E-state index contributed by atoms with van der Waals surface area (Å²) in [5.74, 6) is -0.638. The molecule has 0 saturated heterocycles. The fourth-order valence-electron chi connectivity index (χ4n) is 2.96. The SMILES string of the molecule is COc1cc(/C=C(\C#N)C(=O)NCc2ccccc2)ccc1OC(=O)/C=C/c1ccccc1Cl. The summed E-state index contributed by atoms with van der Waals surface area (Å²) in [4.78, 5) is 24.6. The van der Waals surface area contributed by atoms with Crippen molar-refractivity contribution in [3.8, 4) is 17.6 Å². The van der Waals surface area contributed by atoms with E-state index in [-0.39, 0.29) is 17.1 Å². The van der Waals surface area contributed by atoms with Gasteiger partial charge < -0.3 is 14.8 Å². The normalized spacial score (nSPS) is 11.0. The monoisotopic (exact) mass is 472 g/mol. The van der Waals surface area contributed by atoms with Crippen molar-refractivity contribution >= 4 is 35.6 Å². The van der Waals surface area contributed by atoms with E-state index in [2.05, 4.69) is 5.32 Å². The third-order valence-corrected chi connectivity index (χ3v) is 5.02. The van der Waals surface area contributed by atoms with Gasteiger partial charge in [-0.1, -0.05) is 66.2 Å². The number of benzene rings is 3. The van der Waals surface area contributed by atoms with Crippen molar-refractivity contribution in [2.24, 2.45) is 0 Å². The predicted molar refractivity (Wildman–Crippen MR) is 131 cm³/mol. The van der Waals surface area contributed by atoms with E-state index >= 15 is 0 Å². The molecule has 3 aromatic carbocycles. The quantitative estimate of drug-likeness (QED) is 0.211. The average molecular weight is 473 g/mol. The minimum absolute atomic E-state index is 0.0644. The number of halogens is 1. The zero-order chi connectivity index (χ0) is 24.3. The Hall–Kier alpha value is -4.34. The van der Waals surface area contributed by atoms with Gasteiger partial charge in [0.25, 0.3) is 5.91 Å². The van der Waals surface area contributed by atoms with Gasteiger partial charge in [0.15, 0.2) is 11.5 Å². The van der Waals surface area contributed by atoms with Crippen LogP contribution in [-0.2, 0) is 16.1 Å². The maximum absolute atomic E-state index is 12.4. The van der Waals surface area contributed by atoms with Crippen LogP contribution in [0.5, 0.6) is 11.5 Å². The molecule has 0 bridgehead atoms. The summed E-state index contributed by atoms with van der Waals surface area (Å²) in [6.07, 6.45) is 4.26. The van der Waals surface area contributed by atoms with E-state index in [0.717, 1.165) is 5.56 Å². The molecule has 0 radical (unpaired) electrons. The first-order valence-corrected chi connectivity index (χ1v) is 10.6. The second-order valence-electron chi connectivity index (χ2n) is 7.02. The van der Waals surface area contributed by atoms with Crippen LogP contribution < -0.4 is 14.8 Å². The number of ether oxygens (including phenoxy) is 2. The maximum atomic E-state index is 12.4. The highest BCUT2D eigenvalue weighted by Crippen LogP contribution is 2.29. The number of carbonyl (C=O) groups excluding carboxylic acids is 2. The summed E-state index contributed by atoms with van der Waals surface area (Å²) in [7, 11) is 1.43. The van der Waals surface area contributed by atoms with Crippen molar-refractivity contribution in [3.63, 3.8) is 0 Å². The molecule has 0 aromatic heterocycles. The third kappa shape index (κ3) is 6.83. The Morgan fingerprint density at radius 2 is 1.76 bits per heavy atom. The lowest BCUT2D eigenvalue weighted by molar-refractivity contribution is -0.129. The summed E-state index contributed by atoms with van der Waals surface area (Å²) < 4.78 is 10.7. The van der Waals surface area contributed by atoms with Crippen LogP contribution in [0.4, 0.5) is 0 Å². The molecule has 3 rings (SSSR count). The van der Waals surface area contributed by atoms with Crippen LogP contribution in [0.15, 0.2) is 84.4 Å². The summed E-state index contributed by atoms with van der Waals surface area (Å²) in [5.41, 5.74) is 2.08. The zero-order valence-electron chi connectivity index (χ0n) is 18.3. The summed E-state index contributed by atoms with van der Waals surface area (Å²) in [6.45, 7) is 0.304. The average Bonchev–Trinajstić information content (AvgIpc) is 2.86. The lowest BCUT2D eigenvalue weighted by Gasteiger charge is -2.09. The van der Waals surface area contributed by atoms with E-state index in [1.807, 2.05) is 42.5 Å². The molecule has 1 amide bonds. The maximum Gasteiger partial charge on any atom is 0.336 e. The lowest BCUT2D eigenvalue weighted by atomic mass is 10.1. The molecule has 0 fully saturated rings. The highest BCUT2D eigenvalue weighted by atomic mass is 35.5. The van der Waals surface area contributed by atoms with Gasteiger partial charge in [0.2, 0.25) is 0 Å². The Morgan fingerprint density at radius 3 is 2.47 bits per heavy atom. The molecule has 3 aromatic rings. The topological polar surface area (TPSA) is 88.4 Å². The van der Waals surface area contributed by atoms with Crippen LogP contribution in [0.3, 0.4) is 0 Å². The van der Waals surface area contributed by atoms with Gasteiger partial charge in [-0.25, -0.2) is 4.79 Å². The second kappa shape index (κ2) is 12.0. The third-order valence-electron chi connectivity index (χ3n) is 4.67. The molecule has 0 heterocycles. The molecule has 7 heteroatoms. The number of nitrogens with one attached hydrogen (secondary N) is 1. The highest BCUT2D eigenvalue weighted by Gasteiger charge is 2.12. The van der Waals surface area contributed by atoms with Crippen LogP contribution in [0, 0.1) is 11.3 Å². The van der Waals surface area contributed by atoms with Gasteiger partial charge in [-0.15, -0.1) is 0 Å². The van der Waals surface area contributed by atoms with Gasteiger partial charge in [-0.05, 0) is 47.0 Å². The number of rotatable bonds is 8.